The molecule has 4 unspecified atom stereocenters. The molecule has 31 heavy (non-hydrogen) atoms. The van der Waals surface area contributed by atoms with Gasteiger partial charge < -0.3 is 31.5 Å². The molecule has 11 nitrogen and oxygen atoms in total. The Morgan fingerprint density at radius 1 is 1.13 bits per heavy atom. The normalized spacial score (nSPS) is 18.9. The summed E-state index contributed by atoms with van der Waals surface area (Å²) in [4.78, 5) is 61.6. The van der Waals surface area contributed by atoms with Crippen LogP contribution >= 0.6 is 11.8 Å². The van der Waals surface area contributed by atoms with E-state index in [2.05, 4.69) is 10.6 Å². The first-order valence-corrected chi connectivity index (χ1v) is 11.5. The van der Waals surface area contributed by atoms with Gasteiger partial charge in [-0.1, -0.05) is 13.8 Å². The minimum atomic E-state index is -1.60. The Bertz CT molecular complexity index is 688. The standard InChI is InChI=1S/C19H32N4O7S/c1-10(2)15(20)17(27)21-11(6-8-31-3)18(28)23-7-4-5-13(23)16(26)22-12(19(29)30)9-14(24)25/h10-13,15H,4-9,20H2,1-3H3,(H,21,27)(H,22,26)(H,24,25)(H,29,30). The first-order valence-electron chi connectivity index (χ1n) is 10.1. The second-order valence-electron chi connectivity index (χ2n) is 7.80. The minimum absolute atomic E-state index is 0.121. The molecule has 1 aliphatic rings. The maximum Gasteiger partial charge on any atom is 0.326 e. The average Bonchev–Trinajstić information content (AvgIpc) is 3.18. The quantitative estimate of drug-likeness (QED) is 0.250. The maximum atomic E-state index is 13.2. The fourth-order valence-corrected chi connectivity index (χ4v) is 3.68. The van der Waals surface area contributed by atoms with Crippen LogP contribution in [0.1, 0.15) is 39.5 Å². The Balaban J connectivity index is 2.94. The van der Waals surface area contributed by atoms with Crippen LogP contribution in [0.3, 0.4) is 0 Å². The SMILES string of the molecule is CSCCC(NC(=O)C(N)C(C)C)C(=O)N1CCCC1C(=O)NC(CC(=O)O)C(=O)O. The molecule has 3 amide bonds. The highest BCUT2D eigenvalue weighted by molar-refractivity contribution is 7.98. The van der Waals surface area contributed by atoms with Crippen molar-refractivity contribution in [3.05, 3.63) is 0 Å². The van der Waals surface area contributed by atoms with Gasteiger partial charge in [-0.25, -0.2) is 4.79 Å². The number of thioether (sulfide) groups is 1. The van der Waals surface area contributed by atoms with E-state index in [-0.39, 0.29) is 12.5 Å². The fraction of sp³-hybridized carbons (Fsp3) is 0.737. The van der Waals surface area contributed by atoms with Crippen LogP contribution in [0, 0.1) is 5.92 Å². The van der Waals surface area contributed by atoms with Gasteiger partial charge in [0.2, 0.25) is 17.7 Å². The summed E-state index contributed by atoms with van der Waals surface area (Å²) in [5.41, 5.74) is 5.88. The highest BCUT2D eigenvalue weighted by Gasteiger charge is 2.39. The lowest BCUT2D eigenvalue weighted by atomic mass is 10.0. The summed E-state index contributed by atoms with van der Waals surface area (Å²) in [6, 6.07) is -4.18. The molecule has 1 saturated heterocycles. The third kappa shape index (κ3) is 8.02. The van der Waals surface area contributed by atoms with Gasteiger partial charge in [0.1, 0.15) is 18.1 Å². The summed E-state index contributed by atoms with van der Waals surface area (Å²) < 4.78 is 0. The zero-order chi connectivity index (χ0) is 23.7. The molecule has 0 aliphatic carbocycles. The Kier molecular flexibility index (Phi) is 10.8. The first-order chi connectivity index (χ1) is 14.5. The number of carboxylic acids is 2. The van der Waals surface area contributed by atoms with Gasteiger partial charge in [-0.3, -0.25) is 19.2 Å². The Morgan fingerprint density at radius 2 is 1.77 bits per heavy atom. The number of carbonyl (C=O) groups excluding carboxylic acids is 3. The number of likely N-dealkylation sites (tertiary alicyclic amines) is 1. The topological polar surface area (TPSA) is 179 Å². The molecule has 4 atom stereocenters. The van der Waals surface area contributed by atoms with Crippen LogP contribution in [0.5, 0.6) is 0 Å². The number of nitrogens with one attached hydrogen (secondary N) is 2. The number of amides is 3. The number of rotatable bonds is 12. The predicted octanol–water partition coefficient (Wildman–Crippen LogP) is -0.757. The van der Waals surface area contributed by atoms with Gasteiger partial charge in [0.05, 0.1) is 12.5 Å². The Labute approximate surface area is 185 Å². The zero-order valence-corrected chi connectivity index (χ0v) is 18.8. The monoisotopic (exact) mass is 460 g/mol. The molecule has 176 valence electrons. The maximum absolute atomic E-state index is 13.2. The minimum Gasteiger partial charge on any atom is -0.481 e. The van der Waals surface area contributed by atoms with Gasteiger partial charge in [-0.15, -0.1) is 0 Å². The molecule has 0 aromatic heterocycles. The van der Waals surface area contributed by atoms with E-state index in [1.54, 1.807) is 13.8 Å². The van der Waals surface area contributed by atoms with Crippen molar-refractivity contribution in [1.82, 2.24) is 15.5 Å². The smallest absolute Gasteiger partial charge is 0.326 e. The fourth-order valence-electron chi connectivity index (χ4n) is 3.21. The number of nitrogens with two attached hydrogens (primary N) is 1. The van der Waals surface area contributed by atoms with Crippen molar-refractivity contribution < 1.29 is 34.2 Å². The molecule has 0 saturated carbocycles. The molecule has 0 aromatic rings. The third-order valence-electron chi connectivity index (χ3n) is 5.08. The van der Waals surface area contributed by atoms with E-state index in [1.807, 2.05) is 6.26 Å². The molecular formula is C19H32N4O7S. The van der Waals surface area contributed by atoms with Crippen LogP contribution in [0.4, 0.5) is 0 Å². The third-order valence-corrected chi connectivity index (χ3v) is 5.72. The van der Waals surface area contributed by atoms with Gasteiger partial charge in [-0.2, -0.15) is 11.8 Å². The van der Waals surface area contributed by atoms with E-state index >= 15 is 0 Å². The van der Waals surface area contributed by atoms with Crippen molar-refractivity contribution in [2.24, 2.45) is 11.7 Å². The number of carbonyl (C=O) groups is 5. The number of hydrogen-bond donors (Lipinski definition) is 5. The lowest BCUT2D eigenvalue weighted by Gasteiger charge is -2.30. The van der Waals surface area contributed by atoms with Gasteiger partial charge >= 0.3 is 11.9 Å². The van der Waals surface area contributed by atoms with E-state index in [9.17, 15) is 24.0 Å². The summed E-state index contributed by atoms with van der Waals surface area (Å²) in [5, 5.41) is 22.9. The van der Waals surface area contributed by atoms with Crippen LogP contribution in [-0.4, -0.2) is 87.5 Å². The molecule has 0 bridgehead atoms. The molecular weight excluding hydrogens is 428 g/mol. The molecule has 12 heteroatoms. The molecule has 1 heterocycles. The largest absolute Gasteiger partial charge is 0.481 e. The molecule has 0 radical (unpaired) electrons. The predicted molar refractivity (Wildman–Crippen MR) is 114 cm³/mol. The number of aliphatic carboxylic acids is 2. The van der Waals surface area contributed by atoms with E-state index < -0.39 is 60.2 Å². The zero-order valence-electron chi connectivity index (χ0n) is 18.0. The second kappa shape index (κ2) is 12.5. The van der Waals surface area contributed by atoms with Crippen LogP contribution in [0.2, 0.25) is 0 Å². The molecule has 1 aliphatic heterocycles. The van der Waals surface area contributed by atoms with Crippen molar-refractivity contribution in [3.63, 3.8) is 0 Å². The number of hydrogen-bond acceptors (Lipinski definition) is 7. The molecule has 1 rings (SSSR count). The highest BCUT2D eigenvalue weighted by atomic mass is 32.2. The molecule has 1 fully saturated rings. The van der Waals surface area contributed by atoms with Crippen molar-refractivity contribution in [3.8, 4) is 0 Å². The van der Waals surface area contributed by atoms with Crippen molar-refractivity contribution in [2.75, 3.05) is 18.6 Å². The first kappa shape index (κ1) is 26.7. The van der Waals surface area contributed by atoms with Gasteiger partial charge in [0.25, 0.3) is 0 Å². The summed E-state index contributed by atoms with van der Waals surface area (Å²) in [7, 11) is 0. The van der Waals surface area contributed by atoms with E-state index in [0.29, 0.717) is 25.0 Å². The van der Waals surface area contributed by atoms with Crippen molar-refractivity contribution >= 4 is 41.4 Å². The van der Waals surface area contributed by atoms with E-state index in [1.165, 1.54) is 16.7 Å². The van der Waals surface area contributed by atoms with E-state index in [0.717, 1.165) is 0 Å². The van der Waals surface area contributed by atoms with Crippen molar-refractivity contribution in [1.29, 1.82) is 0 Å². The summed E-state index contributed by atoms with van der Waals surface area (Å²) in [5.74, 6) is -3.99. The lowest BCUT2D eigenvalue weighted by Crippen LogP contribution is -2.57. The lowest BCUT2D eigenvalue weighted by molar-refractivity contribution is -0.148. The van der Waals surface area contributed by atoms with Crippen molar-refractivity contribution in [2.45, 2.75) is 63.7 Å². The number of nitrogens with zero attached hydrogens (tertiary/aromatic N) is 1. The second-order valence-corrected chi connectivity index (χ2v) is 8.78. The van der Waals surface area contributed by atoms with E-state index in [4.69, 9.17) is 15.9 Å². The average molecular weight is 461 g/mol. The summed E-state index contributed by atoms with van der Waals surface area (Å²) in [6.45, 7) is 3.86. The van der Waals surface area contributed by atoms with Crippen LogP contribution < -0.4 is 16.4 Å². The van der Waals surface area contributed by atoms with Crippen LogP contribution in [0.15, 0.2) is 0 Å². The molecule has 0 spiro atoms. The highest BCUT2D eigenvalue weighted by Crippen LogP contribution is 2.20. The summed E-state index contributed by atoms with van der Waals surface area (Å²) >= 11 is 1.50. The van der Waals surface area contributed by atoms with Gasteiger partial charge in [-0.05, 0) is 37.2 Å². The Morgan fingerprint density at radius 3 is 2.29 bits per heavy atom. The molecule has 0 aromatic carbocycles. The van der Waals surface area contributed by atoms with Crippen LogP contribution in [-0.2, 0) is 24.0 Å². The van der Waals surface area contributed by atoms with Gasteiger partial charge in [0, 0.05) is 6.54 Å². The number of carboxylic acid groups (broad SMARTS) is 2. The van der Waals surface area contributed by atoms with Gasteiger partial charge in [0.15, 0.2) is 0 Å². The Hall–Kier alpha value is -2.34. The molecule has 6 N–H and O–H groups in total. The van der Waals surface area contributed by atoms with Crippen LogP contribution in [0.25, 0.3) is 0 Å². The summed E-state index contributed by atoms with van der Waals surface area (Å²) in [6.07, 6.45) is 2.27.